The molecule has 0 amide bonds. The summed E-state index contributed by atoms with van der Waals surface area (Å²) in [6.07, 6.45) is 4.64. The predicted octanol–water partition coefficient (Wildman–Crippen LogP) is 18.7. The zero-order chi connectivity index (χ0) is 57.4. The first-order valence-electron chi connectivity index (χ1n) is 30.2. The lowest BCUT2D eigenvalue weighted by Crippen LogP contribution is -2.62. The summed E-state index contributed by atoms with van der Waals surface area (Å²) in [5, 5.41) is 0. The van der Waals surface area contributed by atoms with Gasteiger partial charge in [-0.05, 0) is 191 Å². The Hall–Kier alpha value is -6.33. The zero-order valence-corrected chi connectivity index (χ0v) is 52.3. The maximum atomic E-state index is 6.02. The lowest BCUT2D eigenvalue weighted by Gasteiger charge is -2.48. The first-order valence-corrected chi connectivity index (χ1v) is 30.2. The van der Waals surface area contributed by atoms with Gasteiger partial charge < -0.3 is 9.80 Å². The Balaban J connectivity index is 1.27. The van der Waals surface area contributed by atoms with Crippen LogP contribution in [-0.4, -0.2) is 16.3 Å². The summed E-state index contributed by atoms with van der Waals surface area (Å²) in [7, 11) is 0. The normalized spacial score (nSPS) is 17.9. The van der Waals surface area contributed by atoms with Gasteiger partial charge in [-0.2, -0.15) is 0 Å². The quantitative estimate of drug-likeness (QED) is 0.164. The van der Waals surface area contributed by atoms with E-state index in [0.29, 0.717) is 0 Å². The van der Waals surface area contributed by atoms with Gasteiger partial charge in [-0.25, -0.2) is 4.98 Å². The Kier molecular flexibility index (Phi) is 11.9. The van der Waals surface area contributed by atoms with Crippen molar-refractivity contribution >= 4 is 68.3 Å². The molecule has 8 aromatic rings. The molecular formula is C75H89BN4. The average molecular weight is 1060 g/mol. The summed E-state index contributed by atoms with van der Waals surface area (Å²) in [5.74, 6) is 0.943. The van der Waals surface area contributed by atoms with Crippen LogP contribution in [0.4, 0.5) is 34.1 Å². The molecule has 1 aromatic heterocycles. The fraction of sp³-hybridized carbons (Fsp3) is 0.427. The van der Waals surface area contributed by atoms with Gasteiger partial charge in [-0.15, -0.1) is 0 Å². The van der Waals surface area contributed by atoms with Gasteiger partial charge in [-0.3, -0.25) is 4.57 Å². The molecule has 12 rings (SSSR count). The number of benzene rings is 7. The molecule has 0 N–H and O–H groups in total. The molecule has 7 aromatic carbocycles. The highest BCUT2D eigenvalue weighted by molar-refractivity contribution is 7.00. The molecular weight excluding hydrogens is 968 g/mol. The number of aromatic nitrogens is 2. The molecule has 3 heterocycles. The molecule has 4 aliphatic rings. The maximum absolute atomic E-state index is 6.02. The van der Waals surface area contributed by atoms with Crippen molar-refractivity contribution in [2.75, 3.05) is 9.80 Å². The van der Waals surface area contributed by atoms with Gasteiger partial charge in [0.1, 0.15) is 11.3 Å². The Bertz CT molecular complexity index is 3780. The molecule has 0 saturated heterocycles. The van der Waals surface area contributed by atoms with Crippen molar-refractivity contribution in [3.05, 3.63) is 172 Å². The molecule has 5 heteroatoms. The van der Waals surface area contributed by atoms with Gasteiger partial charge in [0, 0.05) is 39.7 Å². The van der Waals surface area contributed by atoms with Crippen molar-refractivity contribution in [1.29, 1.82) is 0 Å². The van der Waals surface area contributed by atoms with Crippen LogP contribution in [0.25, 0.3) is 28.1 Å². The van der Waals surface area contributed by atoms with E-state index in [1.165, 1.54) is 101 Å². The van der Waals surface area contributed by atoms with Crippen LogP contribution in [-0.2, 0) is 43.3 Å². The highest BCUT2D eigenvalue weighted by Gasteiger charge is 2.49. The van der Waals surface area contributed by atoms with Gasteiger partial charge in [0.2, 0.25) is 0 Å². The Morgan fingerprint density at radius 2 is 0.887 bits per heavy atom. The second-order valence-corrected chi connectivity index (χ2v) is 31.6. The predicted molar refractivity (Wildman–Crippen MR) is 346 cm³/mol. The van der Waals surface area contributed by atoms with Crippen LogP contribution >= 0.6 is 0 Å². The van der Waals surface area contributed by atoms with E-state index in [9.17, 15) is 0 Å². The lowest BCUT2D eigenvalue weighted by atomic mass is 9.33. The van der Waals surface area contributed by atoms with E-state index in [0.717, 1.165) is 47.4 Å². The van der Waals surface area contributed by atoms with Gasteiger partial charge in [0.25, 0.3) is 6.71 Å². The number of anilines is 6. The molecule has 0 atom stereocenters. The van der Waals surface area contributed by atoms with Gasteiger partial charge in [-0.1, -0.05) is 205 Å². The third kappa shape index (κ3) is 8.63. The standard InChI is InChI=1S/C75H89BN4/c1-68(2,3)47-26-28-51(29-27-47)80-60-33-32-58-66(65(60)77-67(80)46-24-22-21-23-25-46)79(53-39-48(69(4,5)6)38-49(40-53)70(7,8)9)63-42-50(71(10,11)12)41-62-64(63)76(58)59-44-56-57(75(19,20)37-36-74(56,17)18)45-61(59)78(62)52-30-31-54-55(43-52)73(15,16)35-34-72(54,13)14/h21-33,38-45H,34-37H2,1-20H3. The topological polar surface area (TPSA) is 24.3 Å². The second-order valence-electron chi connectivity index (χ2n) is 31.6. The molecule has 4 nitrogen and oxygen atoms in total. The van der Waals surface area contributed by atoms with Crippen molar-refractivity contribution in [2.45, 2.75) is 207 Å². The van der Waals surface area contributed by atoms with Crippen LogP contribution in [0.2, 0.25) is 0 Å². The molecule has 0 radical (unpaired) electrons. The Morgan fingerprint density at radius 3 is 1.44 bits per heavy atom. The molecule has 2 aliphatic carbocycles. The van der Waals surface area contributed by atoms with Gasteiger partial charge in [0.05, 0.1) is 11.2 Å². The van der Waals surface area contributed by atoms with Crippen LogP contribution in [0.15, 0.2) is 127 Å². The van der Waals surface area contributed by atoms with E-state index in [-0.39, 0.29) is 50.0 Å². The van der Waals surface area contributed by atoms with Gasteiger partial charge in [0.15, 0.2) is 0 Å². The summed E-state index contributed by atoms with van der Waals surface area (Å²) in [6, 6.07) is 50.7. The molecule has 0 bridgehead atoms. The molecule has 412 valence electrons. The number of rotatable bonds is 4. The van der Waals surface area contributed by atoms with Crippen molar-refractivity contribution in [3.8, 4) is 17.1 Å². The number of hydrogen-bond donors (Lipinski definition) is 0. The van der Waals surface area contributed by atoms with Crippen LogP contribution in [0.1, 0.15) is 209 Å². The third-order valence-corrected chi connectivity index (χ3v) is 19.7. The monoisotopic (exact) mass is 1060 g/mol. The molecule has 2 aliphatic heterocycles. The summed E-state index contributed by atoms with van der Waals surface area (Å²) in [4.78, 5) is 11.4. The molecule has 80 heavy (non-hydrogen) atoms. The van der Waals surface area contributed by atoms with Crippen LogP contribution in [0.3, 0.4) is 0 Å². The van der Waals surface area contributed by atoms with E-state index < -0.39 is 0 Å². The summed E-state index contributed by atoms with van der Waals surface area (Å²) in [6.45, 7) is 48.1. The molecule has 0 unspecified atom stereocenters. The number of nitrogens with zero attached hydrogens (tertiary/aromatic N) is 4. The van der Waals surface area contributed by atoms with Crippen LogP contribution in [0, 0.1) is 0 Å². The van der Waals surface area contributed by atoms with Crippen LogP contribution in [0.5, 0.6) is 0 Å². The van der Waals surface area contributed by atoms with E-state index in [1.807, 2.05) is 0 Å². The fourth-order valence-corrected chi connectivity index (χ4v) is 14.1. The van der Waals surface area contributed by atoms with E-state index in [2.05, 4.69) is 280 Å². The largest absolute Gasteiger partial charge is 0.311 e. The minimum atomic E-state index is -0.181. The molecule has 0 spiro atoms. The van der Waals surface area contributed by atoms with E-state index in [1.54, 1.807) is 0 Å². The SMILES string of the molecule is CC(C)(C)c1ccc(-n2c(-c3ccccc3)nc3c4c(ccc32)B2c3cc5c(cc3N(c3ccc6c(c3)C(C)(C)CCC6(C)C)c3cc(C(C)(C)C)cc(c32)N4c2cc(C(C)(C)C)cc(C(C)(C)C)c2)C(C)(C)CCC5(C)C)cc1. The Morgan fingerprint density at radius 1 is 0.400 bits per heavy atom. The number of hydrogen-bond acceptors (Lipinski definition) is 3. The van der Waals surface area contributed by atoms with E-state index in [4.69, 9.17) is 4.98 Å². The third-order valence-electron chi connectivity index (χ3n) is 19.7. The van der Waals surface area contributed by atoms with E-state index >= 15 is 0 Å². The minimum Gasteiger partial charge on any atom is -0.311 e. The maximum Gasteiger partial charge on any atom is 0.252 e. The summed E-state index contributed by atoms with van der Waals surface area (Å²) < 4.78 is 2.44. The van der Waals surface area contributed by atoms with Crippen molar-refractivity contribution in [1.82, 2.24) is 9.55 Å². The van der Waals surface area contributed by atoms with Crippen LogP contribution < -0.4 is 26.2 Å². The average Bonchev–Trinajstić information content (AvgIpc) is 3.95. The Labute approximate surface area is 481 Å². The highest BCUT2D eigenvalue weighted by Crippen LogP contribution is 2.54. The smallest absolute Gasteiger partial charge is 0.252 e. The number of imidazole rings is 1. The number of fused-ring (bicyclic) bond motifs is 8. The summed E-state index contributed by atoms with van der Waals surface area (Å²) in [5.41, 5.74) is 26.7. The minimum absolute atomic E-state index is 0.00146. The first-order chi connectivity index (χ1) is 37.2. The van der Waals surface area contributed by atoms with Crippen molar-refractivity contribution in [2.24, 2.45) is 0 Å². The van der Waals surface area contributed by atoms with Crippen molar-refractivity contribution in [3.63, 3.8) is 0 Å². The first kappa shape index (κ1) is 54.3. The fourth-order valence-electron chi connectivity index (χ4n) is 14.1. The second kappa shape index (κ2) is 17.6. The zero-order valence-electron chi connectivity index (χ0n) is 52.3. The summed E-state index contributed by atoms with van der Waals surface area (Å²) >= 11 is 0. The lowest BCUT2D eigenvalue weighted by molar-refractivity contribution is 0.332. The highest BCUT2D eigenvalue weighted by atomic mass is 15.2. The van der Waals surface area contributed by atoms with Crippen molar-refractivity contribution < 1.29 is 0 Å². The molecule has 0 saturated carbocycles. The molecule has 0 fully saturated rings. The van der Waals surface area contributed by atoms with Gasteiger partial charge >= 0.3 is 0 Å².